The number of likely N-dealkylation sites (N-methyl/N-ethyl adjacent to an activating group) is 1. The summed E-state index contributed by atoms with van der Waals surface area (Å²) in [4.78, 5) is 0. The van der Waals surface area contributed by atoms with Gasteiger partial charge in [-0.25, -0.2) is 4.39 Å². The lowest BCUT2D eigenvalue weighted by atomic mass is 9.99. The molecule has 0 aromatic heterocycles. The van der Waals surface area contributed by atoms with E-state index in [1.807, 2.05) is 25.2 Å². The van der Waals surface area contributed by atoms with Gasteiger partial charge in [0.2, 0.25) is 0 Å². The van der Waals surface area contributed by atoms with Crippen molar-refractivity contribution in [3.8, 4) is 0 Å². The van der Waals surface area contributed by atoms with Gasteiger partial charge in [-0.3, -0.25) is 0 Å². The van der Waals surface area contributed by atoms with Crippen LogP contribution in [0.15, 0.2) is 45.3 Å². The van der Waals surface area contributed by atoms with Crippen LogP contribution in [-0.2, 0) is 6.42 Å². The Morgan fingerprint density at radius 1 is 1.20 bits per heavy atom. The average Bonchev–Trinajstić information content (AvgIpc) is 2.41. The Bertz CT molecular complexity index is 619. The lowest BCUT2D eigenvalue weighted by molar-refractivity contribution is 0.588. The summed E-state index contributed by atoms with van der Waals surface area (Å²) in [7, 11) is 1.89. The first kappa shape index (κ1) is 16.0. The zero-order valence-corrected chi connectivity index (χ0v) is 14.7. The van der Waals surface area contributed by atoms with Crippen LogP contribution in [-0.4, -0.2) is 7.05 Å². The average molecular weight is 422 g/mol. The van der Waals surface area contributed by atoms with Crippen molar-refractivity contribution in [3.63, 3.8) is 0 Å². The highest BCUT2D eigenvalue weighted by atomic mass is 79.9. The molecule has 0 amide bonds. The molecule has 20 heavy (non-hydrogen) atoms. The van der Waals surface area contributed by atoms with Crippen molar-refractivity contribution in [2.75, 3.05) is 7.05 Å². The Kier molecular flexibility index (Phi) is 5.61. The predicted molar refractivity (Wildman–Crippen MR) is 88.8 cm³/mol. The van der Waals surface area contributed by atoms with Crippen LogP contribution in [0.5, 0.6) is 0 Å². The Morgan fingerprint density at radius 3 is 2.55 bits per heavy atom. The van der Waals surface area contributed by atoms with E-state index in [0.717, 1.165) is 22.0 Å². The van der Waals surface area contributed by atoms with E-state index in [0.29, 0.717) is 9.50 Å². The van der Waals surface area contributed by atoms with Gasteiger partial charge < -0.3 is 5.32 Å². The Morgan fingerprint density at radius 2 is 1.95 bits per heavy atom. The minimum atomic E-state index is -0.253. The first-order chi connectivity index (χ1) is 9.51. The molecule has 5 heteroatoms. The minimum absolute atomic E-state index is 0.0768. The minimum Gasteiger partial charge on any atom is -0.313 e. The zero-order valence-electron chi connectivity index (χ0n) is 10.8. The van der Waals surface area contributed by atoms with Crippen molar-refractivity contribution in [1.29, 1.82) is 0 Å². The molecule has 0 saturated heterocycles. The number of hydrogen-bond donors (Lipinski definition) is 1. The van der Waals surface area contributed by atoms with E-state index in [2.05, 4.69) is 37.2 Å². The fraction of sp³-hybridized carbons (Fsp3) is 0.200. The van der Waals surface area contributed by atoms with Gasteiger partial charge in [-0.2, -0.15) is 0 Å². The fourth-order valence-electron chi connectivity index (χ4n) is 2.05. The van der Waals surface area contributed by atoms with E-state index in [9.17, 15) is 4.39 Å². The fourth-order valence-corrected chi connectivity index (χ4v) is 3.29. The lowest BCUT2D eigenvalue weighted by Gasteiger charge is -2.18. The number of benzene rings is 2. The largest absolute Gasteiger partial charge is 0.313 e. The topological polar surface area (TPSA) is 12.0 Å². The summed E-state index contributed by atoms with van der Waals surface area (Å²) in [6.07, 6.45) is 0.733. The highest BCUT2D eigenvalue weighted by molar-refractivity contribution is 9.10. The molecule has 0 aliphatic carbocycles. The summed E-state index contributed by atoms with van der Waals surface area (Å²) in [6.45, 7) is 0. The van der Waals surface area contributed by atoms with Gasteiger partial charge in [-0.05, 0) is 64.8 Å². The maximum atomic E-state index is 13.3. The highest BCUT2D eigenvalue weighted by Gasteiger charge is 2.14. The van der Waals surface area contributed by atoms with Gasteiger partial charge in [0.25, 0.3) is 0 Å². The second kappa shape index (κ2) is 7.03. The molecule has 0 spiro atoms. The van der Waals surface area contributed by atoms with Crippen molar-refractivity contribution in [2.24, 2.45) is 0 Å². The number of halogens is 4. The Balaban J connectivity index is 2.26. The van der Waals surface area contributed by atoms with Crippen molar-refractivity contribution >= 4 is 43.5 Å². The molecule has 2 aromatic carbocycles. The first-order valence-corrected chi connectivity index (χ1v) is 8.04. The Labute approximate surface area is 139 Å². The molecule has 1 nitrogen and oxygen atoms in total. The van der Waals surface area contributed by atoms with Gasteiger partial charge in [0.05, 0.1) is 4.47 Å². The van der Waals surface area contributed by atoms with Gasteiger partial charge in [0.1, 0.15) is 5.82 Å². The first-order valence-electron chi connectivity index (χ1n) is 6.07. The summed E-state index contributed by atoms with van der Waals surface area (Å²) in [5.74, 6) is -0.253. The quantitative estimate of drug-likeness (QED) is 0.687. The van der Waals surface area contributed by atoms with E-state index in [4.69, 9.17) is 11.6 Å². The number of hydrogen-bond acceptors (Lipinski definition) is 1. The van der Waals surface area contributed by atoms with Crippen LogP contribution in [0.1, 0.15) is 17.2 Å². The SMILES string of the molecule is CNC(Cc1ccc(F)c(Br)c1)c1ccc(Br)cc1Cl. The molecule has 106 valence electrons. The van der Waals surface area contributed by atoms with E-state index >= 15 is 0 Å². The molecule has 1 unspecified atom stereocenters. The summed E-state index contributed by atoms with van der Waals surface area (Å²) in [6, 6.07) is 11.0. The molecule has 1 N–H and O–H groups in total. The lowest BCUT2D eigenvalue weighted by Crippen LogP contribution is -2.19. The number of nitrogens with one attached hydrogen (secondary N) is 1. The second-order valence-corrected chi connectivity index (χ2v) is 6.64. The third-order valence-electron chi connectivity index (χ3n) is 3.11. The van der Waals surface area contributed by atoms with Gasteiger partial charge in [-0.15, -0.1) is 0 Å². The molecule has 0 aliphatic rings. The molecule has 2 rings (SSSR count). The summed E-state index contributed by atoms with van der Waals surface area (Å²) >= 11 is 12.9. The molecular weight excluding hydrogens is 408 g/mol. The van der Waals surface area contributed by atoms with Crippen LogP contribution in [0, 0.1) is 5.82 Å². The van der Waals surface area contributed by atoms with Crippen LogP contribution < -0.4 is 5.32 Å². The molecule has 0 heterocycles. The van der Waals surface area contributed by atoms with Gasteiger partial charge in [-0.1, -0.05) is 39.7 Å². The maximum Gasteiger partial charge on any atom is 0.137 e. The molecule has 0 bridgehead atoms. The van der Waals surface area contributed by atoms with Gasteiger partial charge >= 0.3 is 0 Å². The molecule has 1 atom stereocenters. The molecule has 0 fully saturated rings. The van der Waals surface area contributed by atoms with Crippen molar-refractivity contribution in [2.45, 2.75) is 12.5 Å². The molecular formula is C15H13Br2ClFN. The van der Waals surface area contributed by atoms with E-state index < -0.39 is 0 Å². The van der Waals surface area contributed by atoms with Crippen LogP contribution in [0.25, 0.3) is 0 Å². The summed E-state index contributed by atoms with van der Waals surface area (Å²) in [5, 5.41) is 3.96. The standard InChI is InChI=1S/C15H13Br2ClFN/c1-20-15(11-4-3-10(16)8-13(11)18)7-9-2-5-14(19)12(17)6-9/h2-6,8,15,20H,7H2,1H3. The summed E-state index contributed by atoms with van der Waals surface area (Å²) < 4.78 is 14.7. The molecule has 0 aliphatic heterocycles. The van der Waals surface area contributed by atoms with E-state index in [1.54, 1.807) is 12.1 Å². The highest BCUT2D eigenvalue weighted by Crippen LogP contribution is 2.29. The van der Waals surface area contributed by atoms with Crippen LogP contribution in [0.3, 0.4) is 0 Å². The van der Waals surface area contributed by atoms with Crippen molar-refractivity contribution < 1.29 is 4.39 Å². The van der Waals surface area contributed by atoms with Crippen molar-refractivity contribution in [1.82, 2.24) is 5.32 Å². The Hall–Kier alpha value is -0.420. The molecule has 0 saturated carbocycles. The maximum absolute atomic E-state index is 13.3. The monoisotopic (exact) mass is 419 g/mol. The third kappa shape index (κ3) is 3.82. The van der Waals surface area contributed by atoms with Crippen LogP contribution in [0.2, 0.25) is 5.02 Å². The summed E-state index contributed by atoms with van der Waals surface area (Å²) in [5.41, 5.74) is 2.06. The molecule has 2 aromatic rings. The second-order valence-electron chi connectivity index (χ2n) is 4.46. The van der Waals surface area contributed by atoms with E-state index in [1.165, 1.54) is 6.07 Å². The van der Waals surface area contributed by atoms with Gasteiger partial charge in [0.15, 0.2) is 0 Å². The normalized spacial score (nSPS) is 12.4. The van der Waals surface area contributed by atoms with E-state index in [-0.39, 0.29) is 11.9 Å². The third-order valence-corrected chi connectivity index (χ3v) is 4.54. The van der Waals surface area contributed by atoms with Crippen LogP contribution in [0.4, 0.5) is 4.39 Å². The van der Waals surface area contributed by atoms with Gasteiger partial charge in [0, 0.05) is 15.5 Å². The van der Waals surface area contributed by atoms with Crippen molar-refractivity contribution in [3.05, 3.63) is 67.3 Å². The zero-order chi connectivity index (χ0) is 14.7. The smallest absolute Gasteiger partial charge is 0.137 e. The number of rotatable bonds is 4. The van der Waals surface area contributed by atoms with Crippen LogP contribution >= 0.6 is 43.5 Å². The molecule has 0 radical (unpaired) electrons. The predicted octanol–water partition coefficient (Wildman–Crippen LogP) is 5.51.